The Morgan fingerprint density at radius 3 is 2.39 bits per heavy atom. The van der Waals surface area contributed by atoms with Crippen LogP contribution in [0, 0.1) is 6.92 Å². The number of hydrogen-bond acceptors (Lipinski definition) is 9. The molecule has 0 radical (unpaired) electrons. The first-order valence-corrected chi connectivity index (χ1v) is 15.0. The van der Waals surface area contributed by atoms with Crippen molar-refractivity contribution in [1.29, 1.82) is 0 Å². The fourth-order valence-corrected chi connectivity index (χ4v) is 5.61. The molecule has 1 atom stereocenters. The third-order valence-electron chi connectivity index (χ3n) is 7.64. The standard InChI is InChI=1S/C34H37N7O3/c1-3-44-34(43)29-20-35-41-32(40(21-25-11-6-4-7-12-25)22-26-13-8-5-9-14-26)19-30(38-33(29)41)37-27-17-24(2)36-31(18-27)39-16-10-15-28(42)23-39/h4-9,11-14,17-20,28,42H,3,10,15-16,21-23H2,1-2H3,(H,36,37,38)/t28-/m0/s1. The summed E-state index contributed by atoms with van der Waals surface area (Å²) in [7, 11) is 0. The van der Waals surface area contributed by atoms with Crippen LogP contribution in [0.1, 0.15) is 46.9 Å². The van der Waals surface area contributed by atoms with Gasteiger partial charge in [-0.2, -0.15) is 9.61 Å². The molecule has 4 heterocycles. The number of β-amino-alcohol motifs (C(OH)–C–C–N with tert-alkyl or cyclic N) is 1. The molecule has 0 amide bonds. The van der Waals surface area contributed by atoms with Gasteiger partial charge < -0.3 is 25.0 Å². The SMILES string of the molecule is CCOC(=O)c1cnn2c(N(Cc3ccccc3)Cc3ccccc3)cc(Nc3cc(C)nc(N4CCC[C@H](O)C4)c3)nc12. The Morgan fingerprint density at radius 1 is 1.02 bits per heavy atom. The molecule has 0 aliphatic carbocycles. The van der Waals surface area contributed by atoms with E-state index in [1.165, 1.54) is 6.20 Å². The van der Waals surface area contributed by atoms with Crippen molar-refractivity contribution in [1.82, 2.24) is 19.6 Å². The second-order valence-corrected chi connectivity index (χ2v) is 11.1. The summed E-state index contributed by atoms with van der Waals surface area (Å²) in [6.45, 7) is 6.59. The van der Waals surface area contributed by atoms with E-state index < -0.39 is 5.97 Å². The van der Waals surface area contributed by atoms with Crippen molar-refractivity contribution in [2.75, 3.05) is 34.8 Å². The number of aromatic nitrogens is 4. The van der Waals surface area contributed by atoms with Crippen LogP contribution in [-0.2, 0) is 17.8 Å². The van der Waals surface area contributed by atoms with Crippen molar-refractivity contribution >= 4 is 34.8 Å². The highest BCUT2D eigenvalue weighted by Gasteiger charge is 2.23. The van der Waals surface area contributed by atoms with Gasteiger partial charge in [-0.15, -0.1) is 0 Å². The number of carbonyl (C=O) groups excluding carboxylic acids is 1. The minimum Gasteiger partial charge on any atom is -0.462 e. The van der Waals surface area contributed by atoms with Crippen LogP contribution in [0.25, 0.3) is 5.65 Å². The number of benzene rings is 2. The summed E-state index contributed by atoms with van der Waals surface area (Å²) >= 11 is 0. The maximum Gasteiger partial charge on any atom is 0.343 e. The molecule has 0 spiro atoms. The number of fused-ring (bicyclic) bond motifs is 1. The van der Waals surface area contributed by atoms with E-state index in [-0.39, 0.29) is 12.7 Å². The molecule has 6 rings (SSSR count). The number of aliphatic hydroxyl groups excluding tert-OH is 1. The van der Waals surface area contributed by atoms with E-state index in [4.69, 9.17) is 14.7 Å². The average Bonchev–Trinajstić information content (AvgIpc) is 3.45. The Morgan fingerprint density at radius 2 is 1.73 bits per heavy atom. The van der Waals surface area contributed by atoms with Gasteiger partial charge in [0, 0.05) is 49.7 Å². The maximum atomic E-state index is 13.0. The number of ether oxygens (including phenoxy) is 1. The normalized spacial score (nSPS) is 14.9. The van der Waals surface area contributed by atoms with E-state index in [1.54, 1.807) is 11.4 Å². The summed E-state index contributed by atoms with van der Waals surface area (Å²) in [4.78, 5) is 26.9. The third-order valence-corrected chi connectivity index (χ3v) is 7.64. The van der Waals surface area contributed by atoms with Gasteiger partial charge in [0.25, 0.3) is 0 Å². The monoisotopic (exact) mass is 591 g/mol. The molecular formula is C34H37N7O3. The first kappa shape index (κ1) is 29.1. The predicted octanol–water partition coefficient (Wildman–Crippen LogP) is 5.52. The second-order valence-electron chi connectivity index (χ2n) is 11.1. The number of piperidine rings is 1. The van der Waals surface area contributed by atoms with Gasteiger partial charge in [0.2, 0.25) is 0 Å². The Balaban J connectivity index is 1.44. The topological polar surface area (TPSA) is 108 Å². The number of nitrogens with zero attached hydrogens (tertiary/aromatic N) is 6. The van der Waals surface area contributed by atoms with E-state index in [2.05, 4.69) is 44.5 Å². The molecule has 0 unspecified atom stereocenters. The Bertz CT molecular complexity index is 1680. The summed E-state index contributed by atoms with van der Waals surface area (Å²) < 4.78 is 7.06. The molecule has 1 aliphatic heterocycles. The summed E-state index contributed by atoms with van der Waals surface area (Å²) in [5, 5.41) is 18.3. The smallest absolute Gasteiger partial charge is 0.343 e. The second kappa shape index (κ2) is 13.1. The molecule has 10 heteroatoms. The number of carbonyl (C=O) groups is 1. The van der Waals surface area contributed by atoms with Crippen LogP contribution >= 0.6 is 0 Å². The Hall–Kier alpha value is -4.96. The lowest BCUT2D eigenvalue weighted by atomic mass is 10.1. The molecule has 1 saturated heterocycles. The van der Waals surface area contributed by atoms with E-state index in [1.807, 2.05) is 61.5 Å². The molecule has 3 aromatic heterocycles. The molecule has 5 aromatic rings. The van der Waals surface area contributed by atoms with Crippen molar-refractivity contribution in [3.05, 3.63) is 107 Å². The molecule has 1 aliphatic rings. The van der Waals surface area contributed by atoms with Crippen molar-refractivity contribution in [2.24, 2.45) is 0 Å². The molecule has 2 aromatic carbocycles. The lowest BCUT2D eigenvalue weighted by Crippen LogP contribution is -2.38. The lowest BCUT2D eigenvalue weighted by molar-refractivity contribution is 0.0528. The molecule has 0 saturated carbocycles. The minimum atomic E-state index is -0.471. The van der Waals surface area contributed by atoms with E-state index in [0.717, 1.165) is 53.5 Å². The Kier molecular flexibility index (Phi) is 8.69. The van der Waals surface area contributed by atoms with Gasteiger partial charge in [0.05, 0.1) is 18.9 Å². The molecule has 0 bridgehead atoms. The van der Waals surface area contributed by atoms with Gasteiger partial charge in [-0.25, -0.2) is 14.8 Å². The van der Waals surface area contributed by atoms with E-state index >= 15 is 0 Å². The van der Waals surface area contributed by atoms with Crippen molar-refractivity contribution in [3.8, 4) is 0 Å². The van der Waals surface area contributed by atoms with E-state index in [0.29, 0.717) is 36.7 Å². The summed E-state index contributed by atoms with van der Waals surface area (Å²) in [6, 6.07) is 26.4. The van der Waals surface area contributed by atoms with Gasteiger partial charge in [-0.05, 0) is 43.9 Å². The van der Waals surface area contributed by atoms with Crippen molar-refractivity contribution < 1.29 is 14.6 Å². The molecule has 44 heavy (non-hydrogen) atoms. The number of nitrogens with one attached hydrogen (secondary N) is 1. The molecular weight excluding hydrogens is 554 g/mol. The third kappa shape index (κ3) is 6.65. The molecule has 226 valence electrons. The van der Waals surface area contributed by atoms with Gasteiger partial charge in [0.15, 0.2) is 5.65 Å². The number of aliphatic hydroxyl groups is 1. The predicted molar refractivity (Wildman–Crippen MR) is 171 cm³/mol. The summed E-state index contributed by atoms with van der Waals surface area (Å²) in [6.07, 6.45) is 2.87. The zero-order chi connectivity index (χ0) is 30.5. The van der Waals surface area contributed by atoms with Gasteiger partial charge in [0.1, 0.15) is 23.0 Å². The number of hydrogen-bond donors (Lipinski definition) is 2. The van der Waals surface area contributed by atoms with Crippen LogP contribution in [0.5, 0.6) is 0 Å². The average molecular weight is 592 g/mol. The van der Waals surface area contributed by atoms with Gasteiger partial charge in [-0.3, -0.25) is 0 Å². The minimum absolute atomic E-state index is 0.249. The van der Waals surface area contributed by atoms with Gasteiger partial charge >= 0.3 is 5.97 Å². The fraction of sp³-hybridized carbons (Fsp3) is 0.294. The molecule has 10 nitrogen and oxygen atoms in total. The van der Waals surface area contributed by atoms with E-state index in [9.17, 15) is 9.90 Å². The highest BCUT2D eigenvalue weighted by molar-refractivity contribution is 5.96. The van der Waals surface area contributed by atoms with Crippen molar-refractivity contribution in [3.63, 3.8) is 0 Å². The zero-order valence-corrected chi connectivity index (χ0v) is 25.1. The molecule has 1 fully saturated rings. The quantitative estimate of drug-likeness (QED) is 0.203. The molecule has 2 N–H and O–H groups in total. The van der Waals surface area contributed by atoms with Crippen LogP contribution < -0.4 is 15.1 Å². The number of esters is 1. The highest BCUT2D eigenvalue weighted by atomic mass is 16.5. The fourth-order valence-electron chi connectivity index (χ4n) is 5.61. The number of rotatable bonds is 10. The zero-order valence-electron chi connectivity index (χ0n) is 25.1. The summed E-state index contributed by atoms with van der Waals surface area (Å²) in [5.74, 6) is 1.66. The van der Waals surface area contributed by atoms with Crippen LogP contribution in [0.2, 0.25) is 0 Å². The Labute approximate surface area is 256 Å². The van der Waals surface area contributed by atoms with Crippen LogP contribution in [0.4, 0.5) is 23.1 Å². The van der Waals surface area contributed by atoms with Crippen molar-refractivity contribution in [2.45, 2.75) is 45.9 Å². The van der Waals surface area contributed by atoms with Crippen LogP contribution in [0.15, 0.2) is 85.1 Å². The number of anilines is 4. The number of pyridine rings is 1. The maximum absolute atomic E-state index is 13.0. The first-order chi connectivity index (χ1) is 21.5. The lowest BCUT2D eigenvalue weighted by Gasteiger charge is -2.31. The number of aryl methyl sites for hydroxylation is 1. The first-order valence-electron chi connectivity index (χ1n) is 15.0. The van der Waals surface area contributed by atoms with Crippen LogP contribution in [0.3, 0.4) is 0 Å². The van der Waals surface area contributed by atoms with Crippen LogP contribution in [-0.4, -0.2) is 56.5 Å². The largest absolute Gasteiger partial charge is 0.462 e. The van der Waals surface area contributed by atoms with Gasteiger partial charge in [-0.1, -0.05) is 60.7 Å². The summed E-state index contributed by atoms with van der Waals surface area (Å²) in [5.41, 5.74) is 4.63. The highest BCUT2D eigenvalue weighted by Crippen LogP contribution is 2.29.